The molecule has 4 heteroatoms. The molecule has 1 amide bonds. The number of carbonyl (C=O) groups is 1. The summed E-state index contributed by atoms with van der Waals surface area (Å²) < 4.78 is 0. The lowest BCUT2D eigenvalue weighted by atomic mass is 10.1. The average Bonchev–Trinajstić information content (AvgIpc) is 3.29. The minimum atomic E-state index is 0.164. The van der Waals surface area contributed by atoms with Crippen molar-refractivity contribution in [1.82, 2.24) is 10.6 Å². The van der Waals surface area contributed by atoms with Gasteiger partial charge in [0.2, 0.25) is 5.91 Å². The van der Waals surface area contributed by atoms with Crippen molar-refractivity contribution in [3.63, 3.8) is 0 Å². The van der Waals surface area contributed by atoms with E-state index >= 15 is 0 Å². The fourth-order valence-electron chi connectivity index (χ4n) is 2.10. The highest BCUT2D eigenvalue weighted by Gasteiger charge is 2.29. The predicted molar refractivity (Wildman–Crippen MR) is 75.9 cm³/mol. The normalized spacial score (nSPS) is 18.4. The third-order valence-corrected chi connectivity index (χ3v) is 4.05. The maximum absolute atomic E-state index is 11.6. The van der Waals surface area contributed by atoms with Gasteiger partial charge >= 0.3 is 0 Å². The van der Waals surface area contributed by atoms with Crippen LogP contribution in [0.1, 0.15) is 36.8 Å². The Bertz CT molecular complexity index is 481. The summed E-state index contributed by atoms with van der Waals surface area (Å²) in [6.07, 6.45) is 4.64. The van der Waals surface area contributed by atoms with Crippen molar-refractivity contribution >= 4 is 17.5 Å². The van der Waals surface area contributed by atoms with Crippen LogP contribution in [0.4, 0.5) is 0 Å². The summed E-state index contributed by atoms with van der Waals surface area (Å²) in [5, 5.41) is 7.17. The molecule has 2 aliphatic rings. The van der Waals surface area contributed by atoms with Gasteiger partial charge in [-0.3, -0.25) is 4.79 Å². The Morgan fingerprint density at radius 1 is 1.21 bits per heavy atom. The Hall–Kier alpha value is -1.06. The molecule has 0 radical (unpaired) electrons. The van der Waals surface area contributed by atoms with Crippen LogP contribution < -0.4 is 10.6 Å². The molecule has 0 unspecified atom stereocenters. The number of rotatable bonds is 6. The molecule has 0 aromatic heterocycles. The third-order valence-electron chi connectivity index (χ3n) is 3.68. The van der Waals surface area contributed by atoms with Crippen LogP contribution in [-0.4, -0.2) is 11.9 Å². The lowest BCUT2D eigenvalue weighted by Crippen LogP contribution is -2.24. The van der Waals surface area contributed by atoms with Gasteiger partial charge in [-0.25, -0.2) is 0 Å². The summed E-state index contributed by atoms with van der Waals surface area (Å²) in [5.74, 6) is 0.413. The molecule has 2 saturated carbocycles. The van der Waals surface area contributed by atoms with Crippen LogP contribution >= 0.6 is 11.6 Å². The molecule has 2 N–H and O–H groups in total. The first-order chi connectivity index (χ1) is 9.22. The molecular formula is C15H19ClN2O. The molecule has 19 heavy (non-hydrogen) atoms. The summed E-state index contributed by atoms with van der Waals surface area (Å²) in [7, 11) is 0. The Morgan fingerprint density at radius 3 is 2.68 bits per heavy atom. The zero-order valence-electron chi connectivity index (χ0n) is 10.9. The molecule has 2 fully saturated rings. The molecule has 0 heterocycles. The van der Waals surface area contributed by atoms with Crippen LogP contribution in [0.5, 0.6) is 0 Å². The highest BCUT2D eigenvalue weighted by molar-refractivity contribution is 6.31. The maximum atomic E-state index is 11.6. The van der Waals surface area contributed by atoms with Crippen molar-refractivity contribution in [2.24, 2.45) is 5.92 Å². The molecule has 1 aromatic carbocycles. The van der Waals surface area contributed by atoms with E-state index in [9.17, 15) is 4.79 Å². The topological polar surface area (TPSA) is 41.1 Å². The first kappa shape index (κ1) is 12.9. The summed E-state index contributed by atoms with van der Waals surface area (Å²) in [6, 6.07) is 6.76. The second kappa shape index (κ2) is 5.51. The fraction of sp³-hybridized carbons (Fsp3) is 0.533. The maximum Gasteiger partial charge on any atom is 0.223 e. The molecule has 3 nitrogen and oxygen atoms in total. The first-order valence-electron chi connectivity index (χ1n) is 7.01. The average molecular weight is 279 g/mol. The van der Waals surface area contributed by atoms with Gasteiger partial charge in [-0.05, 0) is 42.9 Å². The summed E-state index contributed by atoms with van der Waals surface area (Å²) in [5.41, 5.74) is 2.23. The second-order valence-corrected chi connectivity index (χ2v) is 5.98. The smallest absolute Gasteiger partial charge is 0.223 e. The number of halogens is 1. The van der Waals surface area contributed by atoms with Gasteiger partial charge in [0.25, 0.3) is 0 Å². The molecule has 2 aliphatic carbocycles. The highest BCUT2D eigenvalue weighted by Crippen LogP contribution is 2.29. The standard InChI is InChI=1S/C15H19ClN2O/c16-14-6-1-10(8-17-13-4-5-13)7-12(14)9-18-15(19)11-2-3-11/h1,6-7,11,13,17H,2-5,8-9H2,(H,18,19). The second-order valence-electron chi connectivity index (χ2n) is 5.57. The quantitative estimate of drug-likeness (QED) is 0.840. The van der Waals surface area contributed by atoms with Gasteiger partial charge in [0.05, 0.1) is 0 Å². The van der Waals surface area contributed by atoms with Crippen LogP contribution in [-0.2, 0) is 17.9 Å². The van der Waals surface area contributed by atoms with Crippen molar-refractivity contribution < 1.29 is 4.79 Å². The van der Waals surface area contributed by atoms with Gasteiger partial charge in [-0.2, -0.15) is 0 Å². The zero-order valence-corrected chi connectivity index (χ0v) is 11.7. The number of nitrogens with one attached hydrogen (secondary N) is 2. The van der Waals surface area contributed by atoms with Crippen molar-refractivity contribution in [2.45, 2.75) is 44.8 Å². The monoisotopic (exact) mass is 278 g/mol. The van der Waals surface area contributed by atoms with Gasteiger partial charge in [-0.1, -0.05) is 23.7 Å². The van der Waals surface area contributed by atoms with Crippen molar-refractivity contribution in [2.75, 3.05) is 0 Å². The van der Waals surface area contributed by atoms with Gasteiger partial charge in [0, 0.05) is 30.1 Å². The number of hydrogen-bond acceptors (Lipinski definition) is 2. The Morgan fingerprint density at radius 2 is 2.00 bits per heavy atom. The molecule has 1 aromatic rings. The third kappa shape index (κ3) is 3.71. The van der Waals surface area contributed by atoms with E-state index < -0.39 is 0 Å². The van der Waals surface area contributed by atoms with E-state index in [-0.39, 0.29) is 11.8 Å². The van der Waals surface area contributed by atoms with Crippen LogP contribution in [0.2, 0.25) is 5.02 Å². The summed E-state index contributed by atoms with van der Waals surface area (Å²) in [6.45, 7) is 1.41. The van der Waals surface area contributed by atoms with E-state index in [0.29, 0.717) is 12.6 Å². The van der Waals surface area contributed by atoms with Crippen molar-refractivity contribution in [1.29, 1.82) is 0 Å². The lowest BCUT2D eigenvalue weighted by Gasteiger charge is -2.09. The zero-order chi connectivity index (χ0) is 13.2. The van der Waals surface area contributed by atoms with Crippen LogP contribution in [0.15, 0.2) is 18.2 Å². The molecule has 102 valence electrons. The van der Waals surface area contributed by atoms with Crippen LogP contribution in [0.3, 0.4) is 0 Å². The van der Waals surface area contributed by atoms with E-state index in [0.717, 1.165) is 30.0 Å². The SMILES string of the molecule is O=C(NCc1cc(CNC2CC2)ccc1Cl)C1CC1. The van der Waals surface area contributed by atoms with E-state index in [4.69, 9.17) is 11.6 Å². The van der Waals surface area contributed by atoms with E-state index in [1.165, 1.54) is 18.4 Å². The van der Waals surface area contributed by atoms with Crippen molar-refractivity contribution in [3.05, 3.63) is 34.3 Å². The van der Waals surface area contributed by atoms with Gasteiger partial charge in [0.15, 0.2) is 0 Å². The van der Waals surface area contributed by atoms with E-state index in [1.807, 2.05) is 12.1 Å². The number of carbonyl (C=O) groups excluding carboxylic acids is 1. The number of benzene rings is 1. The Balaban J connectivity index is 1.57. The minimum Gasteiger partial charge on any atom is -0.352 e. The molecule has 0 aliphatic heterocycles. The largest absolute Gasteiger partial charge is 0.352 e. The van der Waals surface area contributed by atoms with Crippen molar-refractivity contribution in [3.8, 4) is 0 Å². The van der Waals surface area contributed by atoms with E-state index in [1.54, 1.807) is 0 Å². The predicted octanol–water partition coefficient (Wildman–Crippen LogP) is 2.62. The van der Waals surface area contributed by atoms with Crippen LogP contribution in [0, 0.1) is 5.92 Å². The van der Waals surface area contributed by atoms with Crippen LogP contribution in [0.25, 0.3) is 0 Å². The van der Waals surface area contributed by atoms with Gasteiger partial charge in [-0.15, -0.1) is 0 Å². The highest BCUT2D eigenvalue weighted by atomic mass is 35.5. The Kier molecular flexibility index (Phi) is 3.76. The molecular weight excluding hydrogens is 260 g/mol. The number of amides is 1. The molecule has 0 spiro atoms. The lowest BCUT2D eigenvalue weighted by molar-refractivity contribution is -0.122. The molecule has 0 saturated heterocycles. The summed E-state index contributed by atoms with van der Waals surface area (Å²) >= 11 is 6.18. The molecule has 0 atom stereocenters. The minimum absolute atomic E-state index is 0.164. The van der Waals surface area contributed by atoms with Gasteiger partial charge < -0.3 is 10.6 Å². The molecule has 0 bridgehead atoms. The Labute approximate surface area is 118 Å². The summed E-state index contributed by atoms with van der Waals surface area (Å²) in [4.78, 5) is 11.6. The molecule has 3 rings (SSSR count). The van der Waals surface area contributed by atoms with E-state index in [2.05, 4.69) is 16.7 Å². The van der Waals surface area contributed by atoms with Gasteiger partial charge in [0.1, 0.15) is 0 Å². The number of hydrogen-bond donors (Lipinski definition) is 2. The first-order valence-corrected chi connectivity index (χ1v) is 7.38. The fourth-order valence-corrected chi connectivity index (χ4v) is 2.28.